The Kier molecular flexibility index (Phi) is 5.81. The molecule has 3 heterocycles. The number of carbonyl (C=O) groups is 1. The maximum atomic E-state index is 13.5. The first kappa shape index (κ1) is 22.5. The van der Waals surface area contributed by atoms with Crippen LogP contribution in [0.1, 0.15) is 42.5 Å². The average Bonchev–Trinajstić information content (AvgIpc) is 3.27. The lowest BCUT2D eigenvalue weighted by Gasteiger charge is -2.39. The predicted octanol–water partition coefficient (Wildman–Crippen LogP) is 2.45. The number of benzene rings is 1. The molecule has 8 nitrogen and oxygen atoms in total. The zero-order valence-electron chi connectivity index (χ0n) is 19.5. The molecule has 2 fully saturated rings. The number of amides is 1. The third-order valence-corrected chi connectivity index (χ3v) is 7.36. The van der Waals surface area contributed by atoms with E-state index < -0.39 is 5.82 Å². The molecule has 34 heavy (non-hydrogen) atoms. The summed E-state index contributed by atoms with van der Waals surface area (Å²) in [6.45, 7) is 5.84. The number of nitrogens with one attached hydrogen (secondary N) is 2. The fraction of sp³-hybridized carbons (Fsp3) is 0.440. The lowest BCUT2D eigenvalue weighted by molar-refractivity contribution is 0.0958. The van der Waals surface area contributed by atoms with Gasteiger partial charge in [-0.3, -0.25) is 14.5 Å². The highest BCUT2D eigenvalue weighted by atomic mass is 19.1. The van der Waals surface area contributed by atoms with E-state index >= 15 is 0 Å². The molecule has 5 rings (SSSR count). The molecule has 0 unspecified atom stereocenters. The fourth-order valence-corrected chi connectivity index (χ4v) is 5.31. The van der Waals surface area contributed by atoms with Gasteiger partial charge in [-0.05, 0) is 49.6 Å². The van der Waals surface area contributed by atoms with E-state index in [9.17, 15) is 14.0 Å². The summed E-state index contributed by atoms with van der Waals surface area (Å²) in [5.74, 6) is 0.0760. The van der Waals surface area contributed by atoms with E-state index in [0.29, 0.717) is 23.1 Å². The van der Waals surface area contributed by atoms with Crippen molar-refractivity contribution in [3.05, 3.63) is 64.2 Å². The van der Waals surface area contributed by atoms with Gasteiger partial charge in [-0.15, -0.1) is 0 Å². The Balaban J connectivity index is 1.24. The van der Waals surface area contributed by atoms with Crippen LogP contribution in [0.3, 0.4) is 0 Å². The van der Waals surface area contributed by atoms with Crippen LogP contribution in [0, 0.1) is 5.82 Å². The molecule has 9 heteroatoms. The highest BCUT2D eigenvalue weighted by Crippen LogP contribution is 2.41. The van der Waals surface area contributed by atoms with Crippen molar-refractivity contribution in [3.63, 3.8) is 0 Å². The molecule has 178 valence electrons. The number of fused-ring (bicyclic) bond motifs is 1. The van der Waals surface area contributed by atoms with Gasteiger partial charge in [-0.1, -0.05) is 6.92 Å². The van der Waals surface area contributed by atoms with Gasteiger partial charge < -0.3 is 15.2 Å². The van der Waals surface area contributed by atoms with E-state index in [1.54, 1.807) is 25.4 Å². The minimum Gasteiger partial charge on any atom is -0.368 e. The molecule has 1 aliphatic heterocycles. The second kappa shape index (κ2) is 8.79. The van der Waals surface area contributed by atoms with Crippen molar-refractivity contribution in [2.75, 3.05) is 38.1 Å². The maximum absolute atomic E-state index is 13.5. The molecule has 0 radical (unpaired) electrons. The van der Waals surface area contributed by atoms with Gasteiger partial charge in [-0.2, -0.15) is 0 Å². The number of H-pyrrole nitrogens is 1. The van der Waals surface area contributed by atoms with E-state index in [-0.39, 0.29) is 22.3 Å². The Bertz CT molecular complexity index is 1270. The van der Waals surface area contributed by atoms with E-state index in [0.717, 1.165) is 51.1 Å². The molecule has 2 N–H and O–H groups in total. The van der Waals surface area contributed by atoms with Crippen molar-refractivity contribution in [2.45, 2.75) is 37.6 Å². The topological polar surface area (TPSA) is 94.2 Å². The molecule has 2 aliphatic rings. The average molecular weight is 465 g/mol. The maximum Gasteiger partial charge on any atom is 0.269 e. The van der Waals surface area contributed by atoms with Gasteiger partial charge in [0.05, 0.1) is 22.8 Å². The Hall–Kier alpha value is -3.33. The molecule has 0 bridgehead atoms. The Morgan fingerprint density at radius 1 is 1.21 bits per heavy atom. The summed E-state index contributed by atoms with van der Waals surface area (Å²) in [6.07, 6.45) is 4.67. The van der Waals surface area contributed by atoms with Crippen LogP contribution >= 0.6 is 0 Å². The number of piperazine rings is 1. The van der Waals surface area contributed by atoms with Crippen molar-refractivity contribution >= 4 is 22.5 Å². The zero-order valence-corrected chi connectivity index (χ0v) is 19.5. The van der Waals surface area contributed by atoms with Crippen LogP contribution in [-0.4, -0.2) is 65.0 Å². The van der Waals surface area contributed by atoms with Crippen molar-refractivity contribution in [1.29, 1.82) is 0 Å². The standard InChI is InChI=1S/C25H29FN6O2/c1-25(24-29-20-5-3-16(26)13-19(20)22(33)30-24)8-7-17(14-25)31-9-11-32(12-10-31)18-4-6-21(28-15-18)23(34)27-2/h3-6,13,15,17H,7-12,14H2,1-2H3,(H,27,34)(H,29,30,33)/t17-,25-/m1/s1. The van der Waals surface area contributed by atoms with Crippen LogP contribution in [0.5, 0.6) is 0 Å². The van der Waals surface area contributed by atoms with Gasteiger partial charge >= 0.3 is 0 Å². The monoisotopic (exact) mass is 464 g/mol. The molecule has 1 aliphatic carbocycles. The lowest BCUT2D eigenvalue weighted by Crippen LogP contribution is -2.50. The van der Waals surface area contributed by atoms with Crippen LogP contribution in [0.2, 0.25) is 0 Å². The van der Waals surface area contributed by atoms with Crippen molar-refractivity contribution < 1.29 is 9.18 Å². The molecule has 2 atom stereocenters. The lowest BCUT2D eigenvalue weighted by atomic mass is 9.87. The summed E-state index contributed by atoms with van der Waals surface area (Å²) >= 11 is 0. The number of anilines is 1. The minimum absolute atomic E-state index is 0.185. The number of aromatic nitrogens is 3. The summed E-state index contributed by atoms with van der Waals surface area (Å²) < 4.78 is 13.5. The highest BCUT2D eigenvalue weighted by Gasteiger charge is 2.41. The number of hydrogen-bond acceptors (Lipinski definition) is 6. The molecule has 3 aromatic rings. The summed E-state index contributed by atoms with van der Waals surface area (Å²) in [4.78, 5) is 41.0. The van der Waals surface area contributed by atoms with Crippen molar-refractivity contribution in [2.24, 2.45) is 0 Å². The third-order valence-electron chi connectivity index (χ3n) is 7.36. The SMILES string of the molecule is CNC(=O)c1ccc(N2CCN([C@@H]3CC[C@@](C)(c4nc5ccc(F)cc5c(=O)[nH]4)C3)CC2)cn1. The van der Waals surface area contributed by atoms with Gasteiger partial charge in [0.15, 0.2) is 0 Å². The summed E-state index contributed by atoms with van der Waals surface area (Å²) in [5.41, 5.74) is 1.48. The van der Waals surface area contributed by atoms with Gasteiger partial charge in [-0.25, -0.2) is 14.4 Å². The summed E-state index contributed by atoms with van der Waals surface area (Å²) in [5, 5.41) is 2.88. The first-order chi connectivity index (χ1) is 16.4. The smallest absolute Gasteiger partial charge is 0.269 e. The van der Waals surface area contributed by atoms with Crippen LogP contribution < -0.4 is 15.8 Å². The minimum atomic E-state index is -0.433. The number of rotatable bonds is 4. The molecule has 2 aromatic heterocycles. The van der Waals surface area contributed by atoms with Gasteiger partial charge in [0.25, 0.3) is 11.5 Å². The van der Waals surface area contributed by atoms with E-state index in [4.69, 9.17) is 4.98 Å². The normalized spacial score (nSPS) is 23.4. The van der Waals surface area contributed by atoms with Gasteiger partial charge in [0.2, 0.25) is 0 Å². The fourth-order valence-electron chi connectivity index (χ4n) is 5.31. The second-order valence-corrected chi connectivity index (χ2v) is 9.54. The quantitative estimate of drug-likeness (QED) is 0.616. The van der Waals surface area contributed by atoms with Crippen molar-refractivity contribution in [1.82, 2.24) is 25.2 Å². The van der Waals surface area contributed by atoms with E-state index in [1.807, 2.05) is 6.07 Å². The largest absolute Gasteiger partial charge is 0.368 e. The Morgan fingerprint density at radius 2 is 2.00 bits per heavy atom. The van der Waals surface area contributed by atoms with Crippen LogP contribution in [0.25, 0.3) is 10.9 Å². The number of nitrogens with zero attached hydrogens (tertiary/aromatic N) is 4. The third kappa shape index (κ3) is 4.16. The van der Waals surface area contributed by atoms with Gasteiger partial charge in [0.1, 0.15) is 17.3 Å². The van der Waals surface area contributed by atoms with E-state index in [1.165, 1.54) is 12.1 Å². The molecule has 1 saturated heterocycles. The Morgan fingerprint density at radius 3 is 2.71 bits per heavy atom. The van der Waals surface area contributed by atoms with E-state index in [2.05, 4.69) is 32.0 Å². The number of halogens is 1. The number of pyridine rings is 1. The first-order valence-electron chi connectivity index (χ1n) is 11.7. The molecule has 1 saturated carbocycles. The molecule has 1 amide bonds. The summed E-state index contributed by atoms with van der Waals surface area (Å²) in [6, 6.07) is 8.30. The number of aromatic amines is 1. The summed E-state index contributed by atoms with van der Waals surface area (Å²) in [7, 11) is 1.60. The number of carbonyl (C=O) groups excluding carboxylic acids is 1. The van der Waals surface area contributed by atoms with Crippen molar-refractivity contribution in [3.8, 4) is 0 Å². The predicted molar refractivity (Wildman–Crippen MR) is 129 cm³/mol. The molecular weight excluding hydrogens is 435 g/mol. The van der Waals surface area contributed by atoms with Crippen LogP contribution in [-0.2, 0) is 5.41 Å². The Labute approximate surface area is 197 Å². The molecular formula is C25H29FN6O2. The zero-order chi connectivity index (χ0) is 23.9. The molecule has 0 spiro atoms. The van der Waals surface area contributed by atoms with Crippen LogP contribution in [0.15, 0.2) is 41.3 Å². The molecule has 1 aromatic carbocycles. The van der Waals surface area contributed by atoms with Gasteiger partial charge in [0, 0.05) is 44.7 Å². The highest BCUT2D eigenvalue weighted by molar-refractivity contribution is 5.92. The number of hydrogen-bond donors (Lipinski definition) is 2. The second-order valence-electron chi connectivity index (χ2n) is 9.54. The first-order valence-corrected chi connectivity index (χ1v) is 11.7. The van der Waals surface area contributed by atoms with Crippen LogP contribution in [0.4, 0.5) is 10.1 Å².